The van der Waals surface area contributed by atoms with Gasteiger partial charge in [0.05, 0.1) is 12.7 Å². The van der Waals surface area contributed by atoms with Crippen molar-refractivity contribution >= 4 is 5.97 Å². The summed E-state index contributed by atoms with van der Waals surface area (Å²) < 4.78 is 11.6. The second kappa shape index (κ2) is 11.6. The van der Waals surface area contributed by atoms with E-state index in [1.807, 2.05) is 31.2 Å². The Morgan fingerprint density at radius 2 is 1.82 bits per heavy atom. The molecule has 0 aliphatic heterocycles. The van der Waals surface area contributed by atoms with E-state index >= 15 is 0 Å². The molecule has 1 spiro atoms. The van der Waals surface area contributed by atoms with Crippen LogP contribution in [0.3, 0.4) is 0 Å². The molecule has 0 bridgehead atoms. The van der Waals surface area contributed by atoms with Gasteiger partial charge in [0, 0.05) is 19.0 Å². The summed E-state index contributed by atoms with van der Waals surface area (Å²) in [6, 6.07) is 7.66. The number of carboxylic acid groups (broad SMARTS) is 1. The second-order valence-corrected chi connectivity index (χ2v) is 8.42. The number of carboxylic acids is 1. The van der Waals surface area contributed by atoms with E-state index in [9.17, 15) is 9.90 Å². The number of hydrogen-bond acceptors (Lipinski definition) is 4. The van der Waals surface area contributed by atoms with E-state index in [0.717, 1.165) is 17.9 Å². The van der Waals surface area contributed by atoms with Gasteiger partial charge in [-0.05, 0) is 68.1 Å². The van der Waals surface area contributed by atoms with Crippen molar-refractivity contribution in [1.29, 1.82) is 0 Å². The van der Waals surface area contributed by atoms with Crippen LogP contribution in [0.1, 0.15) is 82.8 Å². The maximum absolute atomic E-state index is 10.9. The summed E-state index contributed by atoms with van der Waals surface area (Å²) in [7, 11) is 0. The number of carbonyl (C=O) groups is 1. The van der Waals surface area contributed by atoms with Crippen LogP contribution in [0.4, 0.5) is 0 Å². The Hall–Kier alpha value is -0.550. The molecule has 0 aromatic heterocycles. The van der Waals surface area contributed by atoms with Crippen LogP contribution in [0.5, 0.6) is 5.75 Å². The van der Waals surface area contributed by atoms with Gasteiger partial charge in [0.15, 0.2) is 0 Å². The number of rotatable bonds is 8. The maximum Gasteiger partial charge on any atom is 1.00 e. The van der Waals surface area contributed by atoms with Crippen molar-refractivity contribution in [3.05, 3.63) is 29.8 Å². The molecule has 2 aliphatic carbocycles. The van der Waals surface area contributed by atoms with Gasteiger partial charge in [-0.2, -0.15) is 0 Å². The minimum atomic E-state index is -1.09. The van der Waals surface area contributed by atoms with Gasteiger partial charge in [0.25, 0.3) is 0 Å². The fraction of sp³-hybridized carbons (Fsp3) is 0.696. The van der Waals surface area contributed by atoms with Crippen LogP contribution < -0.4 is 39.4 Å². The van der Waals surface area contributed by atoms with Gasteiger partial charge in [0.2, 0.25) is 0 Å². The number of hydrogen-bond donors (Lipinski definition) is 0. The zero-order valence-corrected chi connectivity index (χ0v) is 19.6. The molecule has 3 rings (SSSR count). The number of carbonyl (C=O) groups excluding carboxylic acids is 1. The summed E-state index contributed by atoms with van der Waals surface area (Å²) in [6.45, 7) is 3.12. The monoisotopic (exact) mass is 396 g/mol. The van der Waals surface area contributed by atoms with E-state index in [1.54, 1.807) is 0 Å². The van der Waals surface area contributed by atoms with Crippen molar-refractivity contribution in [2.24, 2.45) is 11.3 Å². The fourth-order valence-electron chi connectivity index (χ4n) is 5.10. The van der Waals surface area contributed by atoms with Crippen molar-refractivity contribution < 1.29 is 48.9 Å². The Balaban J connectivity index is 0.00000280. The Morgan fingerprint density at radius 3 is 2.46 bits per heavy atom. The van der Waals surface area contributed by atoms with Crippen molar-refractivity contribution in [2.75, 3.05) is 13.2 Å². The summed E-state index contributed by atoms with van der Waals surface area (Å²) in [4.78, 5) is 10.9. The van der Waals surface area contributed by atoms with Gasteiger partial charge in [-0.1, -0.05) is 37.8 Å². The Kier molecular flexibility index (Phi) is 9.82. The minimum Gasteiger partial charge on any atom is -0.550 e. The fourth-order valence-corrected chi connectivity index (χ4v) is 5.10. The zero-order chi connectivity index (χ0) is 19.1. The molecule has 0 heterocycles. The Bertz CT molecular complexity index is 590. The van der Waals surface area contributed by atoms with Crippen LogP contribution in [-0.4, -0.2) is 19.2 Å². The molecule has 2 saturated carbocycles. The Morgan fingerprint density at radius 1 is 1.14 bits per heavy atom. The Labute approximate surface area is 191 Å². The molecule has 2 atom stereocenters. The van der Waals surface area contributed by atoms with Gasteiger partial charge in [-0.15, -0.1) is 0 Å². The van der Waals surface area contributed by atoms with E-state index in [0.29, 0.717) is 17.9 Å². The van der Waals surface area contributed by atoms with Gasteiger partial charge < -0.3 is 19.4 Å². The first kappa shape index (κ1) is 23.7. The van der Waals surface area contributed by atoms with Crippen molar-refractivity contribution in [1.82, 2.24) is 0 Å². The van der Waals surface area contributed by atoms with Crippen LogP contribution in [0.25, 0.3) is 0 Å². The largest absolute Gasteiger partial charge is 1.00 e. The SMILES string of the molecule is CCOC(CC(=O)[O-])c1ccc(OCC2CCCC3(CCCCC3)C2)cc1.[Na+]. The molecule has 2 aliphatic rings. The average molecular weight is 397 g/mol. The van der Waals surface area contributed by atoms with Gasteiger partial charge in [-0.3, -0.25) is 0 Å². The van der Waals surface area contributed by atoms with E-state index in [-0.39, 0.29) is 36.0 Å². The molecular weight excluding hydrogens is 363 g/mol. The molecule has 1 aromatic rings. The zero-order valence-electron chi connectivity index (χ0n) is 17.6. The standard InChI is InChI=1S/C23H34O4.Na/c1-2-26-21(15-22(24)25)19-8-10-20(11-9-19)27-17-18-7-6-14-23(16-18)12-4-3-5-13-23;/h8-11,18,21H,2-7,12-17H2,1H3,(H,24,25);/q;+1/p-1. The predicted molar refractivity (Wildman–Crippen MR) is 103 cm³/mol. The predicted octanol–water partition coefficient (Wildman–Crippen LogP) is 1.43. The molecule has 0 N–H and O–H groups in total. The van der Waals surface area contributed by atoms with E-state index in [2.05, 4.69) is 0 Å². The second-order valence-electron chi connectivity index (χ2n) is 8.42. The van der Waals surface area contributed by atoms with Crippen LogP contribution in [0.2, 0.25) is 0 Å². The molecule has 0 amide bonds. The first-order chi connectivity index (χ1) is 13.1. The maximum atomic E-state index is 10.9. The van der Waals surface area contributed by atoms with Crippen LogP contribution >= 0.6 is 0 Å². The number of aliphatic carboxylic acids is 1. The third-order valence-corrected chi connectivity index (χ3v) is 6.41. The first-order valence-electron chi connectivity index (χ1n) is 10.6. The first-order valence-corrected chi connectivity index (χ1v) is 10.6. The molecule has 150 valence electrons. The van der Waals surface area contributed by atoms with Crippen LogP contribution in [0.15, 0.2) is 24.3 Å². The minimum absolute atomic E-state index is 0. The molecule has 28 heavy (non-hydrogen) atoms. The molecule has 2 unspecified atom stereocenters. The molecule has 5 heteroatoms. The van der Waals surface area contributed by atoms with Gasteiger partial charge >= 0.3 is 29.6 Å². The molecule has 4 nitrogen and oxygen atoms in total. The van der Waals surface area contributed by atoms with Gasteiger partial charge in [0.1, 0.15) is 5.75 Å². The molecular formula is C23H33NaO4. The normalized spacial score (nSPS) is 22.2. The third-order valence-electron chi connectivity index (χ3n) is 6.41. The average Bonchev–Trinajstić information content (AvgIpc) is 2.67. The summed E-state index contributed by atoms with van der Waals surface area (Å²) in [5, 5.41) is 10.9. The molecule has 2 fully saturated rings. The van der Waals surface area contributed by atoms with Crippen LogP contribution in [0, 0.1) is 11.3 Å². The summed E-state index contributed by atoms with van der Waals surface area (Å²) >= 11 is 0. The van der Waals surface area contributed by atoms with Crippen LogP contribution in [-0.2, 0) is 9.53 Å². The van der Waals surface area contributed by atoms with Crippen molar-refractivity contribution in [3.8, 4) is 5.75 Å². The van der Waals surface area contributed by atoms with E-state index in [1.165, 1.54) is 57.8 Å². The van der Waals surface area contributed by atoms with Crippen molar-refractivity contribution in [3.63, 3.8) is 0 Å². The summed E-state index contributed by atoms with van der Waals surface area (Å²) in [5.41, 5.74) is 1.46. The summed E-state index contributed by atoms with van der Waals surface area (Å²) in [5.74, 6) is 0.416. The smallest absolute Gasteiger partial charge is 0.550 e. The number of ether oxygens (including phenoxy) is 2. The van der Waals surface area contributed by atoms with Crippen molar-refractivity contribution in [2.45, 2.75) is 77.2 Å². The quantitative estimate of drug-likeness (QED) is 0.624. The van der Waals surface area contributed by atoms with E-state index < -0.39 is 12.1 Å². The van der Waals surface area contributed by atoms with Gasteiger partial charge in [-0.25, -0.2) is 0 Å². The number of benzene rings is 1. The topological polar surface area (TPSA) is 58.6 Å². The molecule has 1 aromatic carbocycles. The molecule has 0 radical (unpaired) electrons. The summed E-state index contributed by atoms with van der Waals surface area (Å²) in [6.07, 6.45) is 11.8. The van der Waals surface area contributed by atoms with E-state index in [4.69, 9.17) is 9.47 Å². The molecule has 0 saturated heterocycles. The third kappa shape index (κ3) is 6.76.